The number of rotatable bonds is 5. The molecular weight excluding hydrogens is 367 g/mol. The van der Waals surface area contributed by atoms with Crippen LogP contribution in [-0.2, 0) is 11.3 Å². The number of hydrogen-bond acceptors (Lipinski definition) is 4. The van der Waals surface area contributed by atoms with Crippen molar-refractivity contribution in [3.63, 3.8) is 0 Å². The Balaban J connectivity index is 1.65. The molecule has 1 heterocycles. The largest absolute Gasteiger partial charge is 0.380 e. The van der Waals surface area contributed by atoms with Gasteiger partial charge in [0.15, 0.2) is 0 Å². The van der Waals surface area contributed by atoms with E-state index in [9.17, 15) is 14.0 Å². The van der Waals surface area contributed by atoms with Gasteiger partial charge in [0.1, 0.15) is 5.82 Å². The van der Waals surface area contributed by atoms with E-state index in [-0.39, 0.29) is 5.82 Å². The molecule has 138 valence electrons. The number of hydrogen-bond donors (Lipinski definition) is 2. The highest BCUT2D eigenvalue weighted by atomic mass is 32.1. The van der Waals surface area contributed by atoms with E-state index in [1.54, 1.807) is 49.6 Å². The second kappa shape index (κ2) is 8.57. The van der Waals surface area contributed by atoms with Crippen LogP contribution in [0.25, 0.3) is 10.4 Å². The van der Waals surface area contributed by atoms with Crippen molar-refractivity contribution < 1.29 is 18.7 Å². The van der Waals surface area contributed by atoms with Gasteiger partial charge in [0.2, 0.25) is 0 Å². The van der Waals surface area contributed by atoms with Crippen LogP contribution in [0, 0.1) is 5.82 Å². The van der Waals surface area contributed by atoms with Crippen LogP contribution in [0.15, 0.2) is 60.7 Å². The van der Waals surface area contributed by atoms with Crippen molar-refractivity contribution in [3.8, 4) is 10.4 Å². The third kappa shape index (κ3) is 4.58. The number of nitrogens with one attached hydrogen (secondary N) is 2. The summed E-state index contributed by atoms with van der Waals surface area (Å²) in [5, 5.41) is 0. The molecule has 0 radical (unpaired) electrons. The lowest BCUT2D eigenvalue weighted by atomic mass is 10.1. The minimum absolute atomic E-state index is 0.295. The molecule has 0 bridgehead atoms. The van der Waals surface area contributed by atoms with E-state index in [0.717, 1.165) is 16.0 Å². The van der Waals surface area contributed by atoms with Gasteiger partial charge in [-0.2, -0.15) is 0 Å². The first-order valence-electron chi connectivity index (χ1n) is 8.12. The Kier molecular flexibility index (Phi) is 5.95. The number of halogens is 1. The molecule has 1 aromatic heterocycles. The number of thiophene rings is 1. The maximum absolute atomic E-state index is 13.0. The lowest BCUT2D eigenvalue weighted by Crippen LogP contribution is -2.41. The molecule has 2 N–H and O–H groups in total. The number of carbonyl (C=O) groups excluding carboxylic acids is 2. The second-order valence-electron chi connectivity index (χ2n) is 5.67. The molecule has 3 aromatic rings. The van der Waals surface area contributed by atoms with Gasteiger partial charge in [0.25, 0.3) is 11.8 Å². The van der Waals surface area contributed by atoms with Gasteiger partial charge in [-0.05, 0) is 41.5 Å². The summed E-state index contributed by atoms with van der Waals surface area (Å²) in [5.41, 5.74) is 6.80. The van der Waals surface area contributed by atoms with Crippen molar-refractivity contribution >= 4 is 23.2 Å². The van der Waals surface area contributed by atoms with Gasteiger partial charge in [0, 0.05) is 17.6 Å². The molecule has 0 aliphatic rings. The average molecular weight is 384 g/mol. The molecule has 0 spiro atoms. The topological polar surface area (TPSA) is 67.4 Å². The molecule has 0 saturated heterocycles. The summed E-state index contributed by atoms with van der Waals surface area (Å²) in [5.74, 6) is -1.16. The molecule has 0 atom stereocenters. The molecule has 3 rings (SSSR count). The van der Waals surface area contributed by atoms with Gasteiger partial charge in [-0.25, -0.2) is 4.39 Å². The molecule has 0 saturated carbocycles. The van der Waals surface area contributed by atoms with Crippen molar-refractivity contribution in [3.05, 3.63) is 82.5 Å². The Bertz CT molecular complexity index is 954. The molecule has 0 aliphatic carbocycles. The Hall–Kier alpha value is -3.03. The molecule has 7 heteroatoms. The number of amides is 2. The van der Waals surface area contributed by atoms with Crippen molar-refractivity contribution in [1.82, 2.24) is 10.9 Å². The Labute approximate surface area is 159 Å². The van der Waals surface area contributed by atoms with E-state index in [2.05, 4.69) is 10.9 Å². The second-order valence-corrected chi connectivity index (χ2v) is 6.75. The zero-order valence-corrected chi connectivity index (χ0v) is 15.3. The van der Waals surface area contributed by atoms with Crippen LogP contribution in [-0.4, -0.2) is 18.9 Å². The molecule has 2 aromatic carbocycles. The van der Waals surface area contributed by atoms with Crippen LogP contribution in [0.2, 0.25) is 0 Å². The van der Waals surface area contributed by atoms with Crippen LogP contribution < -0.4 is 10.9 Å². The molecule has 27 heavy (non-hydrogen) atoms. The number of hydrazine groups is 1. The standard InChI is InChI=1S/C20H17FN2O3S/c1-26-12-14-4-2-3-5-16(14)19(24)22-23-20(25)18-11-10-17(27-18)13-6-8-15(21)9-7-13/h2-11H,12H2,1H3,(H,22,24)(H,23,25). The first kappa shape index (κ1) is 18.8. The minimum Gasteiger partial charge on any atom is -0.380 e. The van der Waals surface area contributed by atoms with Crippen LogP contribution in [0.3, 0.4) is 0 Å². The monoisotopic (exact) mass is 384 g/mol. The van der Waals surface area contributed by atoms with Crippen molar-refractivity contribution in [2.45, 2.75) is 6.61 Å². The molecule has 0 unspecified atom stereocenters. The summed E-state index contributed by atoms with van der Waals surface area (Å²) in [6.07, 6.45) is 0. The number of carbonyl (C=O) groups is 2. The van der Waals surface area contributed by atoms with Crippen LogP contribution in [0.4, 0.5) is 4.39 Å². The maximum Gasteiger partial charge on any atom is 0.279 e. The lowest BCUT2D eigenvalue weighted by molar-refractivity contribution is 0.0846. The first-order valence-corrected chi connectivity index (χ1v) is 8.93. The maximum atomic E-state index is 13.0. The first-order chi connectivity index (χ1) is 13.1. The summed E-state index contributed by atoms with van der Waals surface area (Å²) >= 11 is 1.25. The molecule has 0 fully saturated rings. The smallest absolute Gasteiger partial charge is 0.279 e. The minimum atomic E-state index is -0.425. The van der Waals surface area contributed by atoms with Crippen LogP contribution in [0.5, 0.6) is 0 Å². The third-order valence-electron chi connectivity index (χ3n) is 3.81. The fourth-order valence-corrected chi connectivity index (χ4v) is 3.40. The van der Waals surface area contributed by atoms with Crippen LogP contribution >= 0.6 is 11.3 Å². The molecule has 0 aliphatic heterocycles. The van der Waals surface area contributed by atoms with Gasteiger partial charge in [-0.3, -0.25) is 20.4 Å². The van der Waals surface area contributed by atoms with Gasteiger partial charge in [-0.1, -0.05) is 30.3 Å². The number of benzene rings is 2. The summed E-state index contributed by atoms with van der Waals surface area (Å²) in [7, 11) is 1.55. The van der Waals surface area contributed by atoms with Crippen molar-refractivity contribution in [2.75, 3.05) is 7.11 Å². The van der Waals surface area contributed by atoms with Gasteiger partial charge in [0.05, 0.1) is 11.5 Å². The lowest BCUT2D eigenvalue weighted by Gasteiger charge is -2.10. The SMILES string of the molecule is COCc1ccccc1C(=O)NNC(=O)c1ccc(-c2ccc(F)cc2)s1. The summed E-state index contributed by atoms with van der Waals surface area (Å²) in [6.45, 7) is 0.295. The fraction of sp³-hybridized carbons (Fsp3) is 0.100. The van der Waals surface area contributed by atoms with Gasteiger partial charge < -0.3 is 4.74 Å². The highest BCUT2D eigenvalue weighted by molar-refractivity contribution is 7.17. The highest BCUT2D eigenvalue weighted by Crippen LogP contribution is 2.28. The quantitative estimate of drug-likeness (QED) is 0.658. The molecule has 5 nitrogen and oxygen atoms in total. The zero-order valence-electron chi connectivity index (χ0n) is 14.5. The number of methoxy groups -OCH3 is 1. The Morgan fingerprint density at radius 2 is 1.67 bits per heavy atom. The van der Waals surface area contributed by atoms with Crippen LogP contribution in [0.1, 0.15) is 25.6 Å². The van der Waals surface area contributed by atoms with E-state index < -0.39 is 11.8 Å². The zero-order chi connectivity index (χ0) is 19.2. The summed E-state index contributed by atoms with van der Waals surface area (Å²) < 4.78 is 18.1. The predicted molar refractivity (Wildman–Crippen MR) is 102 cm³/mol. The Morgan fingerprint density at radius 3 is 2.41 bits per heavy atom. The van der Waals surface area contributed by atoms with E-state index in [1.165, 1.54) is 23.5 Å². The van der Waals surface area contributed by atoms with Crippen molar-refractivity contribution in [1.29, 1.82) is 0 Å². The highest BCUT2D eigenvalue weighted by Gasteiger charge is 2.14. The van der Waals surface area contributed by atoms with Gasteiger partial charge in [-0.15, -0.1) is 11.3 Å². The third-order valence-corrected chi connectivity index (χ3v) is 4.94. The number of ether oxygens (including phenoxy) is 1. The molecule has 2 amide bonds. The van der Waals surface area contributed by atoms with Crippen molar-refractivity contribution in [2.24, 2.45) is 0 Å². The summed E-state index contributed by atoms with van der Waals surface area (Å²) in [4.78, 5) is 25.9. The van der Waals surface area contributed by atoms with Gasteiger partial charge >= 0.3 is 0 Å². The van der Waals surface area contributed by atoms with E-state index in [0.29, 0.717) is 17.0 Å². The summed E-state index contributed by atoms with van der Waals surface area (Å²) in [6, 6.07) is 16.5. The van der Waals surface area contributed by atoms with E-state index >= 15 is 0 Å². The molecular formula is C20H17FN2O3S. The van der Waals surface area contributed by atoms with E-state index in [4.69, 9.17) is 4.74 Å². The Morgan fingerprint density at radius 1 is 0.963 bits per heavy atom. The fourth-order valence-electron chi connectivity index (χ4n) is 2.49. The van der Waals surface area contributed by atoms with E-state index in [1.807, 2.05) is 6.07 Å². The average Bonchev–Trinajstić information content (AvgIpc) is 3.17. The normalized spacial score (nSPS) is 10.4. The predicted octanol–water partition coefficient (Wildman–Crippen LogP) is 3.78.